The summed E-state index contributed by atoms with van der Waals surface area (Å²) in [4.78, 5) is 6.41. The molecule has 4 heteroatoms. The molecule has 0 amide bonds. The monoisotopic (exact) mass is 246 g/mol. The molecular weight excluding hydrogens is 224 g/mol. The first kappa shape index (κ1) is 12.7. The van der Waals surface area contributed by atoms with E-state index in [-0.39, 0.29) is 0 Å². The number of guanidine groups is 1. The standard InChI is InChI=1S/C14H22N4/c1-11-7-6-8-12(13(11)17-14(15)16-2)18-9-4-3-5-10-18/h6-8H,3-5,9-10H2,1-2H3,(H3,15,16,17). The van der Waals surface area contributed by atoms with Crippen LogP contribution in [0.1, 0.15) is 24.8 Å². The van der Waals surface area contributed by atoms with Crippen molar-refractivity contribution in [3.8, 4) is 0 Å². The van der Waals surface area contributed by atoms with Gasteiger partial charge in [0.1, 0.15) is 0 Å². The highest BCUT2D eigenvalue weighted by molar-refractivity contribution is 5.96. The lowest BCUT2D eigenvalue weighted by Gasteiger charge is -2.31. The summed E-state index contributed by atoms with van der Waals surface area (Å²) in [5, 5.41) is 3.21. The Morgan fingerprint density at radius 1 is 1.28 bits per heavy atom. The van der Waals surface area contributed by atoms with E-state index >= 15 is 0 Å². The first-order chi connectivity index (χ1) is 8.72. The quantitative estimate of drug-likeness (QED) is 0.622. The van der Waals surface area contributed by atoms with Gasteiger partial charge in [-0.2, -0.15) is 0 Å². The van der Waals surface area contributed by atoms with Gasteiger partial charge >= 0.3 is 0 Å². The van der Waals surface area contributed by atoms with E-state index < -0.39 is 0 Å². The van der Waals surface area contributed by atoms with Crippen LogP contribution >= 0.6 is 0 Å². The van der Waals surface area contributed by atoms with Crippen LogP contribution in [0.15, 0.2) is 23.2 Å². The summed E-state index contributed by atoms with van der Waals surface area (Å²) in [7, 11) is 1.70. The van der Waals surface area contributed by atoms with Crippen molar-refractivity contribution in [1.29, 1.82) is 0 Å². The molecule has 0 bridgehead atoms. The largest absolute Gasteiger partial charge is 0.370 e. The Bertz CT molecular complexity index is 433. The molecule has 1 saturated heterocycles. The minimum Gasteiger partial charge on any atom is -0.370 e. The van der Waals surface area contributed by atoms with Crippen LogP contribution in [0.2, 0.25) is 0 Å². The summed E-state index contributed by atoms with van der Waals surface area (Å²) >= 11 is 0. The summed E-state index contributed by atoms with van der Waals surface area (Å²) in [6, 6.07) is 6.35. The van der Waals surface area contributed by atoms with Crippen molar-refractivity contribution in [3.05, 3.63) is 23.8 Å². The van der Waals surface area contributed by atoms with Crippen LogP contribution in [0.25, 0.3) is 0 Å². The van der Waals surface area contributed by atoms with E-state index in [9.17, 15) is 0 Å². The first-order valence-corrected chi connectivity index (χ1v) is 6.56. The molecular formula is C14H22N4. The molecule has 98 valence electrons. The number of nitrogens with zero attached hydrogens (tertiary/aromatic N) is 2. The Balaban J connectivity index is 2.30. The molecule has 0 aromatic heterocycles. The fourth-order valence-electron chi connectivity index (χ4n) is 2.40. The molecule has 2 rings (SSSR count). The van der Waals surface area contributed by atoms with Crippen LogP contribution in [0, 0.1) is 6.92 Å². The fourth-order valence-corrected chi connectivity index (χ4v) is 2.40. The summed E-state index contributed by atoms with van der Waals surface area (Å²) < 4.78 is 0. The maximum Gasteiger partial charge on any atom is 0.192 e. The third kappa shape index (κ3) is 2.75. The van der Waals surface area contributed by atoms with Crippen LogP contribution in [0.4, 0.5) is 11.4 Å². The number of benzene rings is 1. The summed E-state index contributed by atoms with van der Waals surface area (Å²) in [5.41, 5.74) is 9.31. The highest BCUT2D eigenvalue weighted by Gasteiger charge is 2.15. The normalized spacial score (nSPS) is 16.8. The molecule has 0 radical (unpaired) electrons. The zero-order chi connectivity index (χ0) is 13.0. The molecule has 1 aliphatic heterocycles. The van der Waals surface area contributed by atoms with Gasteiger partial charge < -0.3 is 16.0 Å². The van der Waals surface area contributed by atoms with Gasteiger partial charge in [-0.05, 0) is 37.8 Å². The molecule has 1 aromatic carbocycles. The molecule has 1 fully saturated rings. The molecule has 0 saturated carbocycles. The molecule has 0 unspecified atom stereocenters. The molecule has 1 aliphatic rings. The Morgan fingerprint density at radius 3 is 2.67 bits per heavy atom. The van der Waals surface area contributed by atoms with Gasteiger partial charge in [-0.1, -0.05) is 12.1 Å². The summed E-state index contributed by atoms with van der Waals surface area (Å²) in [6.45, 7) is 4.35. The van der Waals surface area contributed by atoms with E-state index in [0.29, 0.717) is 5.96 Å². The van der Waals surface area contributed by atoms with Crippen LogP contribution in [0.3, 0.4) is 0 Å². The number of piperidine rings is 1. The number of para-hydroxylation sites is 1. The Kier molecular flexibility index (Phi) is 4.07. The van der Waals surface area contributed by atoms with Crippen LogP contribution in [-0.4, -0.2) is 26.1 Å². The number of anilines is 2. The Morgan fingerprint density at radius 2 is 2.00 bits per heavy atom. The molecule has 0 aliphatic carbocycles. The van der Waals surface area contributed by atoms with Crippen molar-refractivity contribution in [2.45, 2.75) is 26.2 Å². The third-order valence-corrected chi connectivity index (χ3v) is 3.44. The third-order valence-electron chi connectivity index (χ3n) is 3.44. The van der Waals surface area contributed by atoms with Gasteiger partial charge in [0.25, 0.3) is 0 Å². The second kappa shape index (κ2) is 5.76. The molecule has 4 nitrogen and oxygen atoms in total. The second-order valence-electron chi connectivity index (χ2n) is 4.75. The van der Waals surface area contributed by atoms with E-state index in [2.05, 4.69) is 40.3 Å². The number of rotatable bonds is 2. The van der Waals surface area contributed by atoms with Gasteiger partial charge in [-0.15, -0.1) is 0 Å². The van der Waals surface area contributed by atoms with Gasteiger partial charge in [0.15, 0.2) is 5.96 Å². The maximum absolute atomic E-state index is 5.79. The van der Waals surface area contributed by atoms with Crippen molar-refractivity contribution in [1.82, 2.24) is 0 Å². The minimum absolute atomic E-state index is 0.461. The molecule has 1 aromatic rings. The molecule has 1 heterocycles. The summed E-state index contributed by atoms with van der Waals surface area (Å²) in [5.74, 6) is 0.461. The number of hydrogen-bond donors (Lipinski definition) is 2. The molecule has 0 spiro atoms. The van der Waals surface area contributed by atoms with Gasteiger partial charge in [0, 0.05) is 20.1 Å². The Hall–Kier alpha value is -1.71. The predicted molar refractivity (Wildman–Crippen MR) is 78.4 cm³/mol. The lowest BCUT2D eigenvalue weighted by molar-refractivity contribution is 0.578. The van der Waals surface area contributed by atoms with Crippen molar-refractivity contribution in [2.75, 3.05) is 30.4 Å². The highest BCUT2D eigenvalue weighted by Crippen LogP contribution is 2.31. The van der Waals surface area contributed by atoms with Crippen molar-refractivity contribution in [3.63, 3.8) is 0 Å². The number of hydrogen-bond acceptors (Lipinski definition) is 2. The smallest absolute Gasteiger partial charge is 0.192 e. The Labute approximate surface area is 109 Å². The van der Waals surface area contributed by atoms with Crippen LogP contribution in [0.5, 0.6) is 0 Å². The zero-order valence-electron chi connectivity index (χ0n) is 11.2. The number of nitrogens with two attached hydrogens (primary N) is 1. The molecule has 3 N–H and O–H groups in total. The number of aliphatic imine (C=N–C) groups is 1. The summed E-state index contributed by atoms with van der Waals surface area (Å²) in [6.07, 6.45) is 3.87. The van der Waals surface area contributed by atoms with Crippen molar-refractivity contribution in [2.24, 2.45) is 10.7 Å². The van der Waals surface area contributed by atoms with Crippen molar-refractivity contribution >= 4 is 17.3 Å². The number of aryl methyl sites for hydroxylation is 1. The second-order valence-corrected chi connectivity index (χ2v) is 4.75. The van der Waals surface area contributed by atoms with Crippen LogP contribution < -0.4 is 16.0 Å². The first-order valence-electron chi connectivity index (χ1n) is 6.56. The average molecular weight is 246 g/mol. The highest BCUT2D eigenvalue weighted by atomic mass is 15.2. The van der Waals surface area contributed by atoms with Gasteiger partial charge in [0.2, 0.25) is 0 Å². The maximum atomic E-state index is 5.79. The van der Waals surface area contributed by atoms with E-state index in [1.165, 1.54) is 30.5 Å². The average Bonchev–Trinajstić information content (AvgIpc) is 2.42. The van der Waals surface area contributed by atoms with E-state index in [1.54, 1.807) is 7.05 Å². The lowest BCUT2D eigenvalue weighted by Crippen LogP contribution is -2.31. The lowest BCUT2D eigenvalue weighted by atomic mass is 10.1. The molecule has 0 atom stereocenters. The predicted octanol–water partition coefficient (Wildman–Crippen LogP) is 2.34. The minimum atomic E-state index is 0.461. The van der Waals surface area contributed by atoms with Gasteiger partial charge in [-0.3, -0.25) is 4.99 Å². The van der Waals surface area contributed by atoms with E-state index in [1.807, 2.05) is 0 Å². The van der Waals surface area contributed by atoms with Gasteiger partial charge in [-0.25, -0.2) is 0 Å². The molecule has 18 heavy (non-hydrogen) atoms. The fraction of sp³-hybridized carbons (Fsp3) is 0.500. The van der Waals surface area contributed by atoms with Crippen molar-refractivity contribution < 1.29 is 0 Å². The van der Waals surface area contributed by atoms with Crippen LogP contribution in [-0.2, 0) is 0 Å². The van der Waals surface area contributed by atoms with E-state index in [4.69, 9.17) is 5.73 Å². The number of nitrogens with one attached hydrogen (secondary N) is 1. The van der Waals surface area contributed by atoms with Gasteiger partial charge in [0.05, 0.1) is 11.4 Å². The SMILES string of the molecule is CN=C(N)Nc1c(C)cccc1N1CCCCC1. The topological polar surface area (TPSA) is 53.6 Å². The zero-order valence-corrected chi connectivity index (χ0v) is 11.2. The van der Waals surface area contributed by atoms with E-state index in [0.717, 1.165) is 18.8 Å².